The summed E-state index contributed by atoms with van der Waals surface area (Å²) < 4.78 is 0. The third-order valence-electron chi connectivity index (χ3n) is 5.60. The van der Waals surface area contributed by atoms with Crippen molar-refractivity contribution in [2.75, 3.05) is 0 Å². The van der Waals surface area contributed by atoms with Crippen LogP contribution in [0.2, 0.25) is 0 Å². The van der Waals surface area contributed by atoms with Crippen LogP contribution >= 0.6 is 0 Å². The lowest BCUT2D eigenvalue weighted by Gasteiger charge is -2.09. The number of aromatic nitrogens is 3. The topological polar surface area (TPSA) is 139 Å². The van der Waals surface area contributed by atoms with Crippen molar-refractivity contribution < 1.29 is 0 Å². The molecule has 9 nitrogen and oxygen atoms in total. The Bertz CT molecular complexity index is 1890. The van der Waals surface area contributed by atoms with E-state index in [0.29, 0.717) is 33.7 Å². The van der Waals surface area contributed by atoms with Crippen LogP contribution in [0, 0.1) is 47.5 Å². The summed E-state index contributed by atoms with van der Waals surface area (Å²) in [5.74, 6) is 1.00. The lowest BCUT2D eigenvalue weighted by atomic mass is 10.1. The molecule has 0 fully saturated rings. The predicted octanol–water partition coefficient (Wildman–Crippen LogP) is 3.79. The van der Waals surface area contributed by atoms with Crippen molar-refractivity contribution in [2.24, 2.45) is 9.98 Å². The zero-order chi connectivity index (χ0) is 25.9. The summed E-state index contributed by atoms with van der Waals surface area (Å²) in [7, 11) is 0. The van der Waals surface area contributed by atoms with Crippen LogP contribution in [0.5, 0.6) is 0 Å². The molecule has 9 heteroatoms. The number of nitrogens with zero attached hydrogens (tertiary/aromatic N) is 9. The summed E-state index contributed by atoms with van der Waals surface area (Å²) in [6, 6.07) is 23.9. The quantitative estimate of drug-likeness (QED) is 0.326. The van der Waals surface area contributed by atoms with E-state index >= 15 is 0 Å². The van der Waals surface area contributed by atoms with Gasteiger partial charge in [-0.1, -0.05) is 29.8 Å². The molecule has 0 saturated heterocycles. The Labute approximate surface area is 211 Å². The van der Waals surface area contributed by atoms with Crippen molar-refractivity contribution in [3.63, 3.8) is 0 Å². The van der Waals surface area contributed by atoms with Crippen molar-refractivity contribution in [2.45, 2.75) is 6.92 Å². The fourth-order valence-corrected chi connectivity index (χ4v) is 3.71. The first-order valence-electron chi connectivity index (χ1n) is 10.9. The zero-order valence-electron chi connectivity index (χ0n) is 19.3. The standard InChI is InChI=1S/C28H13N9/c1-16-3-7-18(8-4-16)25-35-26(19-9-5-17(13-29)6-10-19)37-27(36-25)20-11-12-22-24(21(20)14-30)34-28(33-22)23(15-31)32-2/h3-12H,1H3/b28-23+. The van der Waals surface area contributed by atoms with E-state index in [0.717, 1.165) is 11.1 Å². The second-order valence-electron chi connectivity index (χ2n) is 7.95. The number of nitriles is 3. The molecule has 1 aromatic heterocycles. The molecule has 0 atom stereocenters. The van der Waals surface area contributed by atoms with Gasteiger partial charge in [0, 0.05) is 16.7 Å². The highest BCUT2D eigenvalue weighted by Crippen LogP contribution is 2.26. The Balaban J connectivity index is 1.76. The summed E-state index contributed by atoms with van der Waals surface area (Å²) in [5.41, 5.74) is 3.36. The van der Waals surface area contributed by atoms with Gasteiger partial charge in [0.25, 0.3) is 0 Å². The fourth-order valence-electron chi connectivity index (χ4n) is 3.71. The van der Waals surface area contributed by atoms with E-state index in [4.69, 9.17) is 11.8 Å². The first-order valence-corrected chi connectivity index (χ1v) is 10.9. The Hall–Kier alpha value is -6.03. The molecule has 0 bridgehead atoms. The van der Waals surface area contributed by atoms with Crippen LogP contribution in [0.25, 0.3) is 39.0 Å². The van der Waals surface area contributed by atoms with Gasteiger partial charge in [0.05, 0.1) is 35.2 Å². The van der Waals surface area contributed by atoms with E-state index in [-0.39, 0.29) is 28.3 Å². The van der Waals surface area contributed by atoms with Crippen molar-refractivity contribution >= 4 is 0 Å². The molecule has 0 unspecified atom stereocenters. The highest BCUT2D eigenvalue weighted by atomic mass is 15.0. The molecule has 170 valence electrons. The Morgan fingerprint density at radius 2 is 1.38 bits per heavy atom. The van der Waals surface area contributed by atoms with Gasteiger partial charge in [-0.05, 0) is 43.3 Å². The van der Waals surface area contributed by atoms with Crippen LogP contribution < -0.4 is 10.7 Å². The summed E-state index contributed by atoms with van der Waals surface area (Å²) >= 11 is 0. The molecule has 5 rings (SSSR count). The van der Waals surface area contributed by atoms with Gasteiger partial charge in [0.1, 0.15) is 11.4 Å². The number of fused-ring (bicyclic) bond motifs is 1. The van der Waals surface area contributed by atoms with Crippen LogP contribution in [-0.2, 0) is 0 Å². The second kappa shape index (κ2) is 9.31. The molecule has 0 amide bonds. The summed E-state index contributed by atoms with van der Waals surface area (Å²) in [5, 5.41) is 29.0. The smallest absolute Gasteiger partial charge is 0.238 e. The molecule has 0 radical (unpaired) electrons. The molecular formula is C28H13N9. The zero-order valence-corrected chi connectivity index (χ0v) is 19.3. The van der Waals surface area contributed by atoms with Gasteiger partial charge in [-0.15, -0.1) is 0 Å². The molecular weight excluding hydrogens is 462 g/mol. The summed E-state index contributed by atoms with van der Waals surface area (Å²) in [6.07, 6.45) is 0. The molecule has 37 heavy (non-hydrogen) atoms. The molecule has 2 heterocycles. The van der Waals surface area contributed by atoms with Gasteiger partial charge >= 0.3 is 5.70 Å². The Kier molecular flexibility index (Phi) is 5.73. The number of allylic oxidation sites excluding steroid dienone is 1. The third kappa shape index (κ3) is 4.17. The number of hydrogen-bond acceptors (Lipinski definition) is 8. The predicted molar refractivity (Wildman–Crippen MR) is 132 cm³/mol. The first kappa shape index (κ1) is 22.7. The van der Waals surface area contributed by atoms with E-state index in [1.807, 2.05) is 31.2 Å². The molecule has 1 aliphatic heterocycles. The minimum atomic E-state index is -0.258. The molecule has 0 N–H and O–H groups in total. The van der Waals surface area contributed by atoms with Crippen LogP contribution in [-0.4, -0.2) is 15.0 Å². The minimum absolute atomic E-state index is 0.0320. The lowest BCUT2D eigenvalue weighted by Crippen LogP contribution is -2.25. The fraction of sp³-hybridized carbons (Fsp3) is 0.0357. The lowest BCUT2D eigenvalue weighted by molar-refractivity contribution is 1.07. The van der Waals surface area contributed by atoms with Crippen molar-refractivity contribution in [3.05, 3.63) is 111 Å². The maximum atomic E-state index is 10.0. The van der Waals surface area contributed by atoms with Gasteiger partial charge in [-0.2, -0.15) is 10.5 Å². The maximum Gasteiger partial charge on any atom is 0.305 e. The molecule has 1 aliphatic rings. The monoisotopic (exact) mass is 475 g/mol. The Morgan fingerprint density at radius 1 is 0.757 bits per heavy atom. The first-order chi connectivity index (χ1) is 18.0. The molecule has 0 aliphatic carbocycles. The maximum absolute atomic E-state index is 10.0. The van der Waals surface area contributed by atoms with Gasteiger partial charge in [0.15, 0.2) is 23.3 Å². The highest BCUT2D eigenvalue weighted by Gasteiger charge is 2.19. The van der Waals surface area contributed by atoms with Gasteiger partial charge in [-0.25, -0.2) is 35.0 Å². The van der Waals surface area contributed by atoms with E-state index in [2.05, 4.69) is 41.9 Å². The molecule has 4 aromatic rings. The summed E-state index contributed by atoms with van der Waals surface area (Å²) in [6.45, 7) is 9.16. The van der Waals surface area contributed by atoms with Gasteiger partial charge in [0.2, 0.25) is 0 Å². The number of hydrogen-bond donors (Lipinski definition) is 0. The molecule has 0 saturated carbocycles. The van der Waals surface area contributed by atoms with E-state index in [1.54, 1.807) is 42.5 Å². The minimum Gasteiger partial charge on any atom is -0.238 e. The number of aryl methyl sites for hydroxylation is 1. The largest absolute Gasteiger partial charge is 0.305 e. The molecule has 0 spiro atoms. The van der Waals surface area contributed by atoms with Crippen LogP contribution in [0.4, 0.5) is 0 Å². The third-order valence-corrected chi connectivity index (χ3v) is 5.60. The highest BCUT2D eigenvalue weighted by molar-refractivity contribution is 5.70. The van der Waals surface area contributed by atoms with Crippen LogP contribution in [0.3, 0.4) is 0 Å². The van der Waals surface area contributed by atoms with Crippen molar-refractivity contribution in [1.29, 1.82) is 15.8 Å². The normalized spacial score (nSPS) is 12.6. The number of rotatable bonds is 3. The summed E-state index contributed by atoms with van der Waals surface area (Å²) in [4.78, 5) is 25.7. The average molecular weight is 475 g/mol. The van der Waals surface area contributed by atoms with Crippen molar-refractivity contribution in [1.82, 2.24) is 15.0 Å². The van der Waals surface area contributed by atoms with Crippen molar-refractivity contribution in [3.8, 4) is 52.4 Å². The molecule has 3 aromatic carbocycles. The number of benzene rings is 3. The second-order valence-corrected chi connectivity index (χ2v) is 7.95. The van der Waals surface area contributed by atoms with E-state index < -0.39 is 0 Å². The Morgan fingerprint density at radius 3 is 1.95 bits per heavy atom. The van der Waals surface area contributed by atoms with E-state index in [1.165, 1.54) is 0 Å². The van der Waals surface area contributed by atoms with Crippen LogP contribution in [0.15, 0.2) is 82.2 Å². The SMILES string of the molecule is [C-]#[N+]/C(C#N)=C1\N=c2ccc(-c3nc(-c4ccc(C)cc4)nc(-c4ccc(C#N)cc4)n3)c(C#N)c2=N1. The van der Waals surface area contributed by atoms with Gasteiger partial charge < -0.3 is 0 Å². The van der Waals surface area contributed by atoms with Crippen LogP contribution in [0.1, 0.15) is 16.7 Å². The van der Waals surface area contributed by atoms with E-state index in [9.17, 15) is 10.5 Å². The average Bonchev–Trinajstić information content (AvgIpc) is 3.37. The van der Waals surface area contributed by atoms with Gasteiger partial charge in [-0.3, -0.25) is 0 Å².